The van der Waals surface area contributed by atoms with E-state index in [1.807, 2.05) is 0 Å². The molecule has 21 heavy (non-hydrogen) atoms. The number of hydrogen-bond donors (Lipinski definition) is 1. The summed E-state index contributed by atoms with van der Waals surface area (Å²) in [6, 6.07) is 8.62. The zero-order chi connectivity index (χ0) is 15.2. The van der Waals surface area contributed by atoms with E-state index in [1.165, 1.54) is 16.5 Å². The molecule has 1 aromatic heterocycles. The lowest BCUT2D eigenvalue weighted by molar-refractivity contribution is 0.0733. The Hall–Kier alpha value is -1.32. The fourth-order valence-corrected chi connectivity index (χ4v) is 2.53. The Morgan fingerprint density at radius 3 is 2.62 bits per heavy atom. The fourth-order valence-electron chi connectivity index (χ4n) is 2.53. The molecule has 0 fully saturated rings. The summed E-state index contributed by atoms with van der Waals surface area (Å²) in [7, 11) is 0. The standard InChI is InChI=1S/C18H28N2O/c1-14(2)11-19-12-16-13-20(9-10-21-15(3)4)18-8-6-5-7-17(16)18/h5-8,13-15,19H,9-12H2,1-4H3. The van der Waals surface area contributed by atoms with Crippen molar-refractivity contribution in [2.75, 3.05) is 13.2 Å². The van der Waals surface area contributed by atoms with Crippen molar-refractivity contribution in [1.29, 1.82) is 0 Å². The quantitative estimate of drug-likeness (QED) is 0.799. The molecule has 2 rings (SSSR count). The van der Waals surface area contributed by atoms with E-state index in [9.17, 15) is 0 Å². The van der Waals surface area contributed by atoms with Gasteiger partial charge < -0.3 is 14.6 Å². The van der Waals surface area contributed by atoms with Gasteiger partial charge in [0.05, 0.1) is 12.7 Å². The molecule has 0 atom stereocenters. The summed E-state index contributed by atoms with van der Waals surface area (Å²) in [6.45, 7) is 12.3. The SMILES string of the molecule is CC(C)CNCc1cn(CCOC(C)C)c2ccccc12. The van der Waals surface area contributed by atoms with Gasteiger partial charge in [-0.2, -0.15) is 0 Å². The van der Waals surface area contributed by atoms with E-state index in [0.717, 1.165) is 26.2 Å². The monoisotopic (exact) mass is 288 g/mol. The third-order valence-electron chi connectivity index (χ3n) is 3.52. The van der Waals surface area contributed by atoms with Crippen molar-refractivity contribution in [1.82, 2.24) is 9.88 Å². The van der Waals surface area contributed by atoms with E-state index < -0.39 is 0 Å². The number of fused-ring (bicyclic) bond motifs is 1. The molecular weight excluding hydrogens is 260 g/mol. The first-order valence-electron chi connectivity index (χ1n) is 7.97. The van der Waals surface area contributed by atoms with Gasteiger partial charge in [-0.05, 0) is 37.9 Å². The summed E-state index contributed by atoms with van der Waals surface area (Å²) in [5.41, 5.74) is 2.67. The first-order valence-corrected chi connectivity index (χ1v) is 7.97. The van der Waals surface area contributed by atoms with Crippen LogP contribution >= 0.6 is 0 Å². The van der Waals surface area contributed by atoms with Crippen LogP contribution in [0.3, 0.4) is 0 Å². The van der Waals surface area contributed by atoms with Crippen LogP contribution in [-0.2, 0) is 17.8 Å². The van der Waals surface area contributed by atoms with Crippen molar-refractivity contribution in [2.45, 2.75) is 46.9 Å². The maximum atomic E-state index is 5.68. The molecule has 3 heteroatoms. The lowest BCUT2D eigenvalue weighted by Gasteiger charge is -2.09. The lowest BCUT2D eigenvalue weighted by atomic mass is 10.1. The minimum atomic E-state index is 0.291. The predicted octanol–water partition coefficient (Wildman–Crippen LogP) is 3.81. The van der Waals surface area contributed by atoms with Crippen LogP contribution in [0.1, 0.15) is 33.3 Å². The minimum absolute atomic E-state index is 0.291. The Morgan fingerprint density at radius 1 is 1.14 bits per heavy atom. The third-order valence-corrected chi connectivity index (χ3v) is 3.52. The lowest BCUT2D eigenvalue weighted by Crippen LogP contribution is -2.18. The highest BCUT2D eigenvalue weighted by Gasteiger charge is 2.08. The van der Waals surface area contributed by atoms with Crippen molar-refractivity contribution in [3.63, 3.8) is 0 Å². The second kappa shape index (κ2) is 7.62. The number of benzene rings is 1. The average molecular weight is 288 g/mol. The maximum Gasteiger partial charge on any atom is 0.0649 e. The molecule has 0 aliphatic rings. The molecule has 0 aliphatic carbocycles. The molecule has 2 aromatic rings. The average Bonchev–Trinajstić information content (AvgIpc) is 2.77. The Kier molecular flexibility index (Phi) is 5.83. The van der Waals surface area contributed by atoms with E-state index in [0.29, 0.717) is 12.0 Å². The molecule has 1 N–H and O–H groups in total. The van der Waals surface area contributed by atoms with Crippen molar-refractivity contribution in [3.8, 4) is 0 Å². The molecule has 0 bridgehead atoms. The summed E-state index contributed by atoms with van der Waals surface area (Å²) >= 11 is 0. The fraction of sp³-hybridized carbons (Fsp3) is 0.556. The normalized spacial score (nSPS) is 11.9. The Morgan fingerprint density at radius 2 is 1.90 bits per heavy atom. The van der Waals surface area contributed by atoms with Crippen molar-refractivity contribution >= 4 is 10.9 Å². The van der Waals surface area contributed by atoms with Crippen LogP contribution in [0.5, 0.6) is 0 Å². The van der Waals surface area contributed by atoms with E-state index in [2.05, 4.69) is 68.0 Å². The number of hydrogen-bond acceptors (Lipinski definition) is 2. The zero-order valence-electron chi connectivity index (χ0n) is 13.7. The first kappa shape index (κ1) is 16.1. The maximum absolute atomic E-state index is 5.68. The number of aromatic nitrogens is 1. The molecule has 0 saturated carbocycles. The van der Waals surface area contributed by atoms with Gasteiger partial charge in [-0.1, -0.05) is 32.0 Å². The third kappa shape index (κ3) is 4.58. The van der Waals surface area contributed by atoms with Crippen LogP contribution < -0.4 is 5.32 Å². The van der Waals surface area contributed by atoms with Crippen molar-refractivity contribution < 1.29 is 4.74 Å². The summed E-state index contributed by atoms with van der Waals surface area (Å²) in [6.07, 6.45) is 2.56. The van der Waals surface area contributed by atoms with E-state index >= 15 is 0 Å². The summed E-state index contributed by atoms with van der Waals surface area (Å²) in [5, 5.41) is 4.88. The molecule has 0 amide bonds. The molecule has 0 aliphatic heterocycles. The summed E-state index contributed by atoms with van der Waals surface area (Å²) < 4.78 is 7.99. The Bertz CT molecular complexity index is 509. The van der Waals surface area contributed by atoms with Crippen LogP contribution in [0.4, 0.5) is 0 Å². The van der Waals surface area contributed by atoms with Gasteiger partial charge in [0.2, 0.25) is 0 Å². The number of para-hydroxylation sites is 1. The predicted molar refractivity (Wildman–Crippen MR) is 89.6 cm³/mol. The Labute approximate surface area is 128 Å². The molecule has 3 nitrogen and oxygen atoms in total. The van der Waals surface area contributed by atoms with Crippen LogP contribution in [0, 0.1) is 5.92 Å². The second-order valence-electron chi connectivity index (χ2n) is 6.31. The van der Waals surface area contributed by atoms with Gasteiger partial charge in [0.1, 0.15) is 0 Å². The van der Waals surface area contributed by atoms with E-state index in [-0.39, 0.29) is 0 Å². The van der Waals surface area contributed by atoms with Gasteiger partial charge in [-0.15, -0.1) is 0 Å². The van der Waals surface area contributed by atoms with Gasteiger partial charge >= 0.3 is 0 Å². The molecule has 116 valence electrons. The van der Waals surface area contributed by atoms with Crippen molar-refractivity contribution in [2.24, 2.45) is 5.92 Å². The largest absolute Gasteiger partial charge is 0.377 e. The van der Waals surface area contributed by atoms with Gasteiger partial charge in [0.15, 0.2) is 0 Å². The number of ether oxygens (including phenoxy) is 1. The molecule has 0 radical (unpaired) electrons. The van der Waals surface area contributed by atoms with E-state index in [4.69, 9.17) is 4.74 Å². The Balaban J connectivity index is 2.10. The molecular formula is C18H28N2O. The molecule has 0 saturated heterocycles. The van der Waals surface area contributed by atoms with Crippen molar-refractivity contribution in [3.05, 3.63) is 36.0 Å². The van der Waals surface area contributed by atoms with Gasteiger partial charge in [-0.25, -0.2) is 0 Å². The summed E-state index contributed by atoms with van der Waals surface area (Å²) in [5.74, 6) is 0.679. The highest BCUT2D eigenvalue weighted by Crippen LogP contribution is 2.21. The van der Waals surface area contributed by atoms with E-state index in [1.54, 1.807) is 0 Å². The van der Waals surface area contributed by atoms with Crippen LogP contribution in [0.25, 0.3) is 10.9 Å². The highest BCUT2D eigenvalue weighted by molar-refractivity contribution is 5.83. The topological polar surface area (TPSA) is 26.2 Å². The summed E-state index contributed by atoms with van der Waals surface area (Å²) in [4.78, 5) is 0. The number of nitrogens with zero attached hydrogens (tertiary/aromatic N) is 1. The smallest absolute Gasteiger partial charge is 0.0649 e. The molecule has 1 aromatic carbocycles. The van der Waals surface area contributed by atoms with Gasteiger partial charge in [0, 0.05) is 30.2 Å². The number of nitrogens with one attached hydrogen (secondary N) is 1. The molecule has 0 unspecified atom stereocenters. The minimum Gasteiger partial charge on any atom is -0.377 e. The zero-order valence-corrected chi connectivity index (χ0v) is 13.7. The van der Waals surface area contributed by atoms with Gasteiger partial charge in [0.25, 0.3) is 0 Å². The van der Waals surface area contributed by atoms with Crippen LogP contribution in [0.2, 0.25) is 0 Å². The molecule has 1 heterocycles. The van der Waals surface area contributed by atoms with Crippen LogP contribution in [0.15, 0.2) is 30.5 Å². The van der Waals surface area contributed by atoms with Crippen LogP contribution in [-0.4, -0.2) is 23.8 Å². The first-order chi connectivity index (χ1) is 10.1. The molecule has 0 spiro atoms. The second-order valence-corrected chi connectivity index (χ2v) is 6.31. The van der Waals surface area contributed by atoms with Gasteiger partial charge in [-0.3, -0.25) is 0 Å². The highest BCUT2D eigenvalue weighted by atomic mass is 16.5. The number of rotatable bonds is 8.